The third-order valence-electron chi connectivity index (χ3n) is 3.54. The Labute approximate surface area is 225 Å². The van der Waals surface area contributed by atoms with Crippen molar-refractivity contribution in [3.63, 3.8) is 0 Å². The van der Waals surface area contributed by atoms with Crippen LogP contribution in [0.4, 0.5) is 0 Å². The number of thiocarbonyl (C=S) groups is 1. The Morgan fingerprint density at radius 3 is 1.21 bits per heavy atom. The Morgan fingerprint density at radius 2 is 0.882 bits per heavy atom. The van der Waals surface area contributed by atoms with E-state index in [4.69, 9.17) is 35.5 Å². The quantitative estimate of drug-likeness (QED) is 0.167. The van der Waals surface area contributed by atoms with Gasteiger partial charge >= 0.3 is 56.5 Å². The van der Waals surface area contributed by atoms with Crippen LogP contribution < -0.4 is 10.6 Å². The van der Waals surface area contributed by atoms with E-state index >= 15 is 0 Å². The molecule has 0 amide bonds. The summed E-state index contributed by atoms with van der Waals surface area (Å²) >= 11 is 7.65. The fraction of sp³-hybridized carbons (Fsp3) is 0.0400. The molecule has 0 fully saturated rings. The monoisotopic (exact) mass is 677 g/mol. The second-order valence-electron chi connectivity index (χ2n) is 5.17. The minimum absolute atomic E-state index is 0. The average Bonchev–Trinajstić information content (AvgIpc) is 2.95. The van der Waals surface area contributed by atoms with Crippen LogP contribution in [-0.2, 0) is 50.1 Å². The molecule has 0 aliphatic carbocycles. The molecule has 34 heavy (non-hydrogen) atoms. The Bertz CT molecular complexity index is 902. The van der Waals surface area contributed by atoms with Gasteiger partial charge in [0.2, 0.25) is 0 Å². The molecule has 3 aromatic rings. The van der Waals surface area contributed by atoms with Crippen molar-refractivity contribution in [3.05, 3.63) is 130 Å². The number of hydrogen-bond donors (Lipinski definition) is 0. The molecule has 5 nitrogen and oxygen atoms in total. The van der Waals surface area contributed by atoms with Crippen LogP contribution in [0.2, 0.25) is 0 Å². The Balaban J connectivity index is -0.000000364. The Hall–Kier alpha value is -2.08. The van der Waals surface area contributed by atoms with Gasteiger partial charge in [0.15, 0.2) is 3.94 Å². The summed E-state index contributed by atoms with van der Waals surface area (Å²) < 4.78 is 38.6. The molecule has 9 heteroatoms. The molecule has 0 aromatic heterocycles. The molecule has 0 saturated carbocycles. The van der Waals surface area contributed by atoms with E-state index in [1.54, 1.807) is 11.8 Å². The van der Waals surface area contributed by atoms with Crippen molar-refractivity contribution in [1.29, 1.82) is 0 Å². The fourth-order valence-electron chi connectivity index (χ4n) is 2.41. The maximum absolute atomic E-state index is 7.50. The summed E-state index contributed by atoms with van der Waals surface area (Å²) in [5, 5.41) is 2.71. The maximum atomic E-state index is 7.50. The summed E-state index contributed by atoms with van der Waals surface area (Å²) in [6.45, 7) is 22.5. The van der Waals surface area contributed by atoms with Crippen LogP contribution in [-0.4, -0.2) is 3.94 Å². The summed E-state index contributed by atoms with van der Waals surface area (Å²) in [6.07, 6.45) is 0. The van der Waals surface area contributed by atoms with Gasteiger partial charge in [0, 0.05) is 26.8 Å². The summed E-state index contributed by atoms with van der Waals surface area (Å²) in [5.41, 5.74) is 1.32. The van der Waals surface area contributed by atoms with E-state index in [9.17, 15) is 0 Å². The second kappa shape index (κ2) is 30.9. The number of rotatable bonds is 5. The van der Waals surface area contributed by atoms with Crippen molar-refractivity contribution in [3.8, 4) is 0 Å². The first-order valence-electron chi connectivity index (χ1n) is 8.55. The number of benzene rings is 3. The van der Waals surface area contributed by atoms with Gasteiger partial charge in [0.1, 0.15) is 18.5 Å². The van der Waals surface area contributed by atoms with Crippen molar-refractivity contribution in [1.82, 2.24) is 0 Å². The number of hydrogen-bond acceptors (Lipinski definition) is 2. The molecule has 0 aliphatic heterocycles. The summed E-state index contributed by atoms with van der Waals surface area (Å²) in [4.78, 5) is 0. The van der Waals surface area contributed by atoms with E-state index in [0.717, 1.165) is 9.69 Å². The van der Waals surface area contributed by atoms with Gasteiger partial charge in [-0.3, -0.25) is 0 Å². The summed E-state index contributed by atoms with van der Waals surface area (Å²) in [6, 6.07) is 31.9. The van der Waals surface area contributed by atoms with Crippen LogP contribution in [0.3, 0.4) is 0 Å². The normalized spacial score (nSPS) is 7.50. The standard InChI is InChI=1S/C20H17PS2.5CO.W/c22-20(23-16-17-10-4-1-5-11-17)21(18-12-6-2-7-13-18)19-14-8-3-9-15-19;5*1-2;/h1-15H,16H2;;;;;;/p+1. The Kier molecular flexibility index (Phi) is 35.6. The van der Waals surface area contributed by atoms with Gasteiger partial charge < -0.3 is 0 Å². The molecular formula is C25H18O5PS2W+. The topological polar surface area (TPSA) is 99.5 Å². The first kappa shape index (κ1) is 39.1. The number of thioether (sulfide) groups is 1. The largest absolute Gasteiger partial charge is 0 e. The second-order valence-corrected chi connectivity index (χ2v) is 9.95. The van der Waals surface area contributed by atoms with Crippen molar-refractivity contribution in [2.24, 2.45) is 0 Å². The van der Waals surface area contributed by atoms with Gasteiger partial charge in [-0.1, -0.05) is 78.5 Å². The molecule has 0 atom stereocenters. The summed E-state index contributed by atoms with van der Waals surface area (Å²) in [5.74, 6) is 0.938. The van der Waals surface area contributed by atoms with Gasteiger partial charge in [-0.15, -0.1) is 0 Å². The van der Waals surface area contributed by atoms with Crippen LogP contribution in [0.25, 0.3) is 0 Å². The van der Waals surface area contributed by atoms with Gasteiger partial charge in [0.05, 0.1) is 0 Å². The zero-order valence-corrected chi connectivity index (χ0v) is 23.2. The SMILES string of the molecule is S=C(SCc1ccccc1)[PH+](c1ccccc1)c1ccccc1.[C-]#[O+].[C-]#[O+].[C-]#[O+].[C-]#[O+].[C-]#[O+].[W]. The van der Waals surface area contributed by atoms with Gasteiger partial charge in [-0.2, -0.15) is 0 Å². The molecule has 0 radical (unpaired) electrons. The van der Waals surface area contributed by atoms with Crippen LogP contribution in [0.15, 0.2) is 91.0 Å². The van der Waals surface area contributed by atoms with E-state index in [1.807, 2.05) is 0 Å². The van der Waals surface area contributed by atoms with Crippen molar-refractivity contribution < 1.29 is 44.3 Å². The summed E-state index contributed by atoms with van der Waals surface area (Å²) in [7, 11) is -1.05. The van der Waals surface area contributed by atoms with Gasteiger partial charge in [-0.05, 0) is 42.0 Å². The molecule has 0 spiro atoms. The first-order chi connectivity index (χ1) is 16.3. The van der Waals surface area contributed by atoms with Crippen LogP contribution >= 0.6 is 31.9 Å². The van der Waals surface area contributed by atoms with Crippen LogP contribution in [0, 0.1) is 33.3 Å². The van der Waals surface area contributed by atoms with Crippen molar-refractivity contribution in [2.45, 2.75) is 5.75 Å². The third-order valence-corrected chi connectivity index (χ3v) is 8.52. The van der Waals surface area contributed by atoms with E-state index in [2.05, 4.69) is 124 Å². The minimum atomic E-state index is -1.05. The zero-order chi connectivity index (χ0) is 25.9. The van der Waals surface area contributed by atoms with Gasteiger partial charge in [-0.25, -0.2) is 0 Å². The molecule has 0 unspecified atom stereocenters. The molecule has 0 saturated heterocycles. The van der Waals surface area contributed by atoms with E-state index in [1.165, 1.54) is 16.2 Å². The molecule has 170 valence electrons. The predicted molar refractivity (Wildman–Crippen MR) is 130 cm³/mol. The van der Waals surface area contributed by atoms with Crippen molar-refractivity contribution in [2.75, 3.05) is 0 Å². The molecule has 3 aromatic carbocycles. The average molecular weight is 677 g/mol. The molecule has 3 rings (SSSR count). The molecule has 0 bridgehead atoms. The third kappa shape index (κ3) is 16.5. The van der Waals surface area contributed by atoms with E-state index in [0.29, 0.717) is 0 Å². The van der Waals surface area contributed by atoms with Crippen LogP contribution in [0.5, 0.6) is 0 Å². The molecular weight excluding hydrogens is 659 g/mol. The zero-order valence-electron chi connectivity index (χ0n) is 17.6. The maximum Gasteiger partial charge on any atom is 0 e. The minimum Gasteiger partial charge on any atom is 0 e. The Morgan fingerprint density at radius 1 is 0.588 bits per heavy atom. The van der Waals surface area contributed by atoms with E-state index < -0.39 is 7.92 Å². The van der Waals surface area contributed by atoms with Crippen molar-refractivity contribution >= 4 is 46.4 Å². The molecule has 0 heterocycles. The predicted octanol–water partition coefficient (Wildman–Crippen LogP) is 4.88. The van der Waals surface area contributed by atoms with Gasteiger partial charge in [0.25, 0.3) is 0 Å². The molecule has 0 N–H and O–H groups in total. The van der Waals surface area contributed by atoms with Crippen LogP contribution in [0.1, 0.15) is 5.56 Å². The molecule has 0 aliphatic rings. The smallest absolute Gasteiger partial charge is 0 e. The fourth-order valence-corrected chi connectivity index (χ4v) is 7.14. The first-order valence-corrected chi connectivity index (χ1v) is 11.4. The van der Waals surface area contributed by atoms with E-state index in [-0.39, 0.29) is 21.1 Å².